The highest BCUT2D eigenvalue weighted by Gasteiger charge is 2.28. The smallest absolute Gasteiger partial charge is 0.303 e. The van der Waals surface area contributed by atoms with E-state index in [1.807, 2.05) is 18.7 Å². The van der Waals surface area contributed by atoms with Gasteiger partial charge in [0.1, 0.15) is 0 Å². The topological polar surface area (TPSA) is 57.6 Å². The quantitative estimate of drug-likeness (QED) is 0.797. The summed E-state index contributed by atoms with van der Waals surface area (Å²) in [6, 6.07) is 0.139. The first-order chi connectivity index (χ1) is 7.52. The average Bonchev–Trinajstić information content (AvgIpc) is 2.25. The summed E-state index contributed by atoms with van der Waals surface area (Å²) >= 11 is 0. The molecule has 1 aliphatic heterocycles. The number of carboxylic acids is 1. The van der Waals surface area contributed by atoms with Gasteiger partial charge >= 0.3 is 5.97 Å². The first-order valence-electron chi connectivity index (χ1n) is 6.04. The fourth-order valence-electron chi connectivity index (χ4n) is 2.21. The molecule has 0 saturated carbocycles. The number of hydrogen-bond donors (Lipinski definition) is 1. The van der Waals surface area contributed by atoms with Crippen LogP contribution in [-0.2, 0) is 9.59 Å². The largest absolute Gasteiger partial charge is 0.481 e. The molecule has 4 nitrogen and oxygen atoms in total. The van der Waals surface area contributed by atoms with Crippen LogP contribution < -0.4 is 0 Å². The van der Waals surface area contributed by atoms with E-state index in [2.05, 4.69) is 0 Å². The third-order valence-electron chi connectivity index (χ3n) is 3.10. The molecule has 0 bridgehead atoms. The Bertz CT molecular complexity index is 263. The van der Waals surface area contributed by atoms with Crippen LogP contribution in [0.5, 0.6) is 0 Å². The Morgan fingerprint density at radius 1 is 1.38 bits per heavy atom. The van der Waals surface area contributed by atoms with Crippen molar-refractivity contribution in [1.82, 2.24) is 4.90 Å². The van der Waals surface area contributed by atoms with Crippen molar-refractivity contribution < 1.29 is 14.7 Å². The molecule has 1 rings (SSSR count). The highest BCUT2D eigenvalue weighted by Crippen LogP contribution is 2.22. The molecule has 1 atom stereocenters. The molecule has 0 radical (unpaired) electrons. The number of nitrogens with zero attached hydrogens (tertiary/aromatic N) is 1. The van der Waals surface area contributed by atoms with Crippen molar-refractivity contribution in [2.24, 2.45) is 5.92 Å². The molecule has 16 heavy (non-hydrogen) atoms. The van der Waals surface area contributed by atoms with E-state index in [1.165, 1.54) is 0 Å². The van der Waals surface area contributed by atoms with Crippen LogP contribution in [0.25, 0.3) is 0 Å². The van der Waals surface area contributed by atoms with Crippen LogP contribution in [0.3, 0.4) is 0 Å². The Morgan fingerprint density at radius 2 is 2.06 bits per heavy atom. The molecule has 1 aliphatic rings. The second-order valence-electron chi connectivity index (χ2n) is 4.77. The van der Waals surface area contributed by atoms with Gasteiger partial charge in [0.25, 0.3) is 0 Å². The van der Waals surface area contributed by atoms with Gasteiger partial charge < -0.3 is 10.0 Å². The predicted molar refractivity (Wildman–Crippen MR) is 61.1 cm³/mol. The molecular formula is C12H21NO3. The molecule has 0 aromatic carbocycles. The van der Waals surface area contributed by atoms with E-state index in [1.54, 1.807) is 0 Å². The number of carbonyl (C=O) groups is 2. The van der Waals surface area contributed by atoms with E-state index in [9.17, 15) is 9.59 Å². The van der Waals surface area contributed by atoms with E-state index >= 15 is 0 Å². The Kier molecular flexibility index (Phi) is 4.77. The summed E-state index contributed by atoms with van der Waals surface area (Å²) in [5.74, 6) is -0.608. The zero-order valence-corrected chi connectivity index (χ0v) is 10.1. The molecule has 1 fully saturated rings. The summed E-state index contributed by atoms with van der Waals surface area (Å²) in [7, 11) is 0. The van der Waals surface area contributed by atoms with Crippen molar-refractivity contribution in [2.45, 2.75) is 52.0 Å². The van der Waals surface area contributed by atoms with E-state index < -0.39 is 5.97 Å². The van der Waals surface area contributed by atoms with Crippen LogP contribution in [0.4, 0.5) is 0 Å². The zero-order valence-electron chi connectivity index (χ0n) is 10.1. The van der Waals surface area contributed by atoms with Gasteiger partial charge in [-0.1, -0.05) is 13.8 Å². The second kappa shape index (κ2) is 5.87. The fraction of sp³-hybridized carbons (Fsp3) is 0.833. The van der Waals surface area contributed by atoms with Gasteiger partial charge in [0.15, 0.2) is 0 Å². The lowest BCUT2D eigenvalue weighted by molar-refractivity contribution is -0.141. The molecule has 1 unspecified atom stereocenters. The minimum atomic E-state index is -0.775. The van der Waals surface area contributed by atoms with Crippen molar-refractivity contribution >= 4 is 11.9 Å². The van der Waals surface area contributed by atoms with Crippen molar-refractivity contribution in [1.29, 1.82) is 0 Å². The molecule has 92 valence electrons. The van der Waals surface area contributed by atoms with Gasteiger partial charge in [0.2, 0.25) is 5.91 Å². The lowest BCUT2D eigenvalue weighted by Crippen LogP contribution is -2.45. The Labute approximate surface area is 96.6 Å². The summed E-state index contributed by atoms with van der Waals surface area (Å²) in [6.45, 7) is 4.58. The van der Waals surface area contributed by atoms with Crippen molar-refractivity contribution in [3.63, 3.8) is 0 Å². The highest BCUT2D eigenvalue weighted by atomic mass is 16.4. The van der Waals surface area contributed by atoms with Crippen LogP contribution in [0, 0.1) is 5.92 Å². The highest BCUT2D eigenvalue weighted by molar-refractivity contribution is 5.78. The number of piperidine rings is 1. The summed E-state index contributed by atoms with van der Waals surface area (Å²) in [6.07, 6.45) is 3.85. The van der Waals surface area contributed by atoms with E-state index in [0.29, 0.717) is 6.42 Å². The van der Waals surface area contributed by atoms with Gasteiger partial charge in [-0.2, -0.15) is 0 Å². The summed E-state index contributed by atoms with van der Waals surface area (Å²) in [4.78, 5) is 24.4. The van der Waals surface area contributed by atoms with Gasteiger partial charge in [0.05, 0.1) is 0 Å². The molecular weight excluding hydrogens is 206 g/mol. The molecule has 1 amide bonds. The monoisotopic (exact) mass is 227 g/mol. The molecule has 0 spiro atoms. The van der Waals surface area contributed by atoms with Crippen LogP contribution in [0.15, 0.2) is 0 Å². The Morgan fingerprint density at radius 3 is 2.62 bits per heavy atom. The van der Waals surface area contributed by atoms with E-state index in [4.69, 9.17) is 5.11 Å². The van der Waals surface area contributed by atoms with Gasteiger partial charge in [-0.05, 0) is 25.7 Å². The van der Waals surface area contributed by atoms with Crippen LogP contribution in [-0.4, -0.2) is 34.5 Å². The van der Waals surface area contributed by atoms with Gasteiger partial charge in [-0.15, -0.1) is 0 Å². The molecule has 0 aromatic rings. The second-order valence-corrected chi connectivity index (χ2v) is 4.77. The summed E-state index contributed by atoms with van der Waals surface area (Å²) < 4.78 is 0. The lowest BCUT2D eigenvalue weighted by atomic mass is 9.96. The summed E-state index contributed by atoms with van der Waals surface area (Å²) in [5.41, 5.74) is 0. The number of aliphatic carboxylic acids is 1. The van der Waals surface area contributed by atoms with Crippen LogP contribution >= 0.6 is 0 Å². The third kappa shape index (κ3) is 3.51. The van der Waals surface area contributed by atoms with Crippen molar-refractivity contribution in [3.8, 4) is 0 Å². The standard InChI is InChI=1S/C12H21NO3/c1-9(2)12(16)13-8-4-3-5-10(13)6-7-11(14)15/h9-10H,3-8H2,1-2H3,(H,14,15). The van der Waals surface area contributed by atoms with Gasteiger partial charge in [0, 0.05) is 24.9 Å². The Hall–Kier alpha value is -1.06. The number of carboxylic acid groups (broad SMARTS) is 1. The average molecular weight is 227 g/mol. The zero-order chi connectivity index (χ0) is 12.1. The third-order valence-corrected chi connectivity index (χ3v) is 3.10. The number of hydrogen-bond acceptors (Lipinski definition) is 2. The minimum Gasteiger partial charge on any atom is -0.481 e. The van der Waals surface area contributed by atoms with Crippen molar-refractivity contribution in [2.75, 3.05) is 6.54 Å². The normalized spacial score (nSPS) is 21.2. The first-order valence-corrected chi connectivity index (χ1v) is 6.04. The molecule has 1 heterocycles. The molecule has 0 aromatic heterocycles. The Balaban J connectivity index is 2.56. The van der Waals surface area contributed by atoms with Gasteiger partial charge in [-0.3, -0.25) is 9.59 Å². The summed E-state index contributed by atoms with van der Waals surface area (Å²) in [5, 5.41) is 8.67. The van der Waals surface area contributed by atoms with Crippen LogP contribution in [0.1, 0.15) is 46.0 Å². The van der Waals surface area contributed by atoms with Crippen LogP contribution in [0.2, 0.25) is 0 Å². The molecule has 1 saturated heterocycles. The lowest BCUT2D eigenvalue weighted by Gasteiger charge is -2.36. The maximum atomic E-state index is 11.9. The predicted octanol–water partition coefficient (Wildman–Crippen LogP) is 1.89. The van der Waals surface area contributed by atoms with Gasteiger partial charge in [-0.25, -0.2) is 0 Å². The van der Waals surface area contributed by atoms with E-state index in [0.717, 1.165) is 25.8 Å². The number of rotatable bonds is 4. The number of likely N-dealkylation sites (tertiary alicyclic amines) is 1. The first kappa shape index (κ1) is 13.0. The maximum Gasteiger partial charge on any atom is 0.303 e. The molecule has 4 heteroatoms. The molecule has 1 N–H and O–H groups in total. The van der Waals surface area contributed by atoms with Crippen molar-refractivity contribution in [3.05, 3.63) is 0 Å². The number of amides is 1. The van der Waals surface area contributed by atoms with E-state index in [-0.39, 0.29) is 24.3 Å². The SMILES string of the molecule is CC(C)C(=O)N1CCCCC1CCC(=O)O. The fourth-order valence-corrected chi connectivity index (χ4v) is 2.21. The number of carbonyl (C=O) groups excluding carboxylic acids is 1. The molecule has 0 aliphatic carbocycles. The minimum absolute atomic E-state index is 0.00503. The maximum absolute atomic E-state index is 11.9.